The summed E-state index contributed by atoms with van der Waals surface area (Å²) >= 11 is 3.48. The second kappa shape index (κ2) is 5.99. The maximum Gasteiger partial charge on any atom is 0.0209 e. The number of benzene rings is 2. The lowest BCUT2D eigenvalue weighted by Crippen LogP contribution is -2.12. The molecule has 2 aromatic rings. The predicted octanol–water partition coefficient (Wildman–Crippen LogP) is 4.05. The van der Waals surface area contributed by atoms with E-state index in [4.69, 9.17) is 0 Å². The minimum Gasteiger partial charge on any atom is -0.309 e. The van der Waals surface area contributed by atoms with Gasteiger partial charge in [-0.15, -0.1) is 0 Å². The fourth-order valence-corrected chi connectivity index (χ4v) is 2.27. The second-order valence-electron chi connectivity index (χ2n) is 4.22. The van der Waals surface area contributed by atoms with Gasteiger partial charge in [-0.1, -0.05) is 57.9 Å². The van der Waals surface area contributed by atoms with Crippen molar-refractivity contribution in [2.75, 3.05) is 0 Å². The summed E-state index contributed by atoms with van der Waals surface area (Å²) in [5.41, 5.74) is 3.94. The van der Waals surface area contributed by atoms with Crippen LogP contribution in [-0.4, -0.2) is 0 Å². The molecule has 0 bridgehead atoms. The Morgan fingerprint density at radius 3 is 2.24 bits per heavy atom. The molecule has 2 aromatic carbocycles. The Morgan fingerprint density at radius 1 is 0.941 bits per heavy atom. The van der Waals surface area contributed by atoms with Crippen LogP contribution >= 0.6 is 15.9 Å². The van der Waals surface area contributed by atoms with E-state index in [0.29, 0.717) is 0 Å². The van der Waals surface area contributed by atoms with Gasteiger partial charge in [0.15, 0.2) is 0 Å². The van der Waals surface area contributed by atoms with Crippen LogP contribution in [0.5, 0.6) is 0 Å². The lowest BCUT2D eigenvalue weighted by molar-refractivity contribution is 0.693. The molecule has 0 amide bonds. The van der Waals surface area contributed by atoms with Crippen LogP contribution in [0.2, 0.25) is 0 Å². The van der Waals surface area contributed by atoms with Gasteiger partial charge in [0.1, 0.15) is 0 Å². The van der Waals surface area contributed by atoms with Gasteiger partial charge in [0.25, 0.3) is 0 Å². The van der Waals surface area contributed by atoms with Gasteiger partial charge < -0.3 is 5.32 Å². The van der Waals surface area contributed by atoms with Crippen LogP contribution in [-0.2, 0) is 13.1 Å². The number of hydrogen-bond donors (Lipinski definition) is 1. The fourth-order valence-electron chi connectivity index (χ4n) is 1.82. The first-order valence-electron chi connectivity index (χ1n) is 5.75. The van der Waals surface area contributed by atoms with E-state index in [1.54, 1.807) is 0 Å². The molecule has 0 aliphatic rings. The molecule has 0 saturated carbocycles. The van der Waals surface area contributed by atoms with Crippen LogP contribution in [0, 0.1) is 6.92 Å². The Labute approximate surface area is 111 Å². The minimum absolute atomic E-state index is 0.896. The smallest absolute Gasteiger partial charge is 0.0209 e. The first kappa shape index (κ1) is 12.3. The van der Waals surface area contributed by atoms with Crippen LogP contribution < -0.4 is 5.32 Å². The Kier molecular flexibility index (Phi) is 4.35. The van der Waals surface area contributed by atoms with E-state index in [2.05, 4.69) is 70.6 Å². The van der Waals surface area contributed by atoms with E-state index in [-0.39, 0.29) is 0 Å². The summed E-state index contributed by atoms with van der Waals surface area (Å²) in [6, 6.07) is 17.0. The minimum atomic E-state index is 0.896. The largest absolute Gasteiger partial charge is 0.309 e. The topological polar surface area (TPSA) is 12.0 Å². The van der Waals surface area contributed by atoms with Crippen molar-refractivity contribution in [3.63, 3.8) is 0 Å². The van der Waals surface area contributed by atoms with Crippen molar-refractivity contribution in [3.8, 4) is 0 Å². The molecular weight excluding hydrogens is 274 g/mol. The zero-order valence-electron chi connectivity index (χ0n) is 9.91. The normalized spacial score (nSPS) is 10.5. The number of hydrogen-bond acceptors (Lipinski definition) is 1. The van der Waals surface area contributed by atoms with Gasteiger partial charge in [0.2, 0.25) is 0 Å². The molecule has 0 fully saturated rings. The third-order valence-corrected chi connectivity index (χ3v) is 3.12. The van der Waals surface area contributed by atoms with E-state index < -0.39 is 0 Å². The highest BCUT2D eigenvalue weighted by Gasteiger charge is 1.95. The van der Waals surface area contributed by atoms with Gasteiger partial charge in [-0.25, -0.2) is 0 Å². The summed E-state index contributed by atoms with van der Waals surface area (Å²) in [6.07, 6.45) is 0. The van der Waals surface area contributed by atoms with E-state index in [0.717, 1.165) is 17.6 Å². The van der Waals surface area contributed by atoms with Gasteiger partial charge >= 0.3 is 0 Å². The Bertz CT molecular complexity index is 448. The molecule has 0 atom stereocenters. The van der Waals surface area contributed by atoms with Crippen molar-refractivity contribution < 1.29 is 0 Å². The molecule has 0 spiro atoms. The number of nitrogens with one attached hydrogen (secondary N) is 1. The van der Waals surface area contributed by atoms with E-state index >= 15 is 0 Å². The van der Waals surface area contributed by atoms with Crippen molar-refractivity contribution in [1.29, 1.82) is 0 Å². The molecule has 1 nitrogen and oxygen atoms in total. The molecule has 0 aliphatic carbocycles. The standard InChI is InChI=1S/C15H16BrN/c1-12-4-2-5-13(8-12)10-17-11-14-6-3-7-15(16)9-14/h2-9,17H,10-11H2,1H3. The molecule has 0 unspecified atom stereocenters. The van der Waals surface area contributed by atoms with Crippen molar-refractivity contribution >= 4 is 15.9 Å². The molecule has 0 radical (unpaired) electrons. The zero-order chi connectivity index (χ0) is 12.1. The van der Waals surface area contributed by atoms with Gasteiger partial charge in [0.05, 0.1) is 0 Å². The Hall–Kier alpha value is -1.12. The maximum absolute atomic E-state index is 3.48. The van der Waals surface area contributed by atoms with E-state index in [9.17, 15) is 0 Å². The van der Waals surface area contributed by atoms with Gasteiger partial charge in [-0.2, -0.15) is 0 Å². The quantitative estimate of drug-likeness (QED) is 0.896. The fraction of sp³-hybridized carbons (Fsp3) is 0.200. The van der Waals surface area contributed by atoms with Crippen LogP contribution in [0.4, 0.5) is 0 Å². The number of rotatable bonds is 4. The van der Waals surface area contributed by atoms with E-state index in [1.807, 2.05) is 6.07 Å². The third-order valence-electron chi connectivity index (χ3n) is 2.63. The average Bonchev–Trinajstić information content (AvgIpc) is 2.29. The van der Waals surface area contributed by atoms with Crippen molar-refractivity contribution in [2.45, 2.75) is 20.0 Å². The first-order chi connectivity index (χ1) is 8.24. The molecule has 17 heavy (non-hydrogen) atoms. The third kappa shape index (κ3) is 3.99. The summed E-state index contributed by atoms with van der Waals surface area (Å²) in [6.45, 7) is 3.93. The Balaban J connectivity index is 1.87. The predicted molar refractivity (Wildman–Crippen MR) is 75.9 cm³/mol. The number of aryl methyl sites for hydroxylation is 1. The number of halogens is 1. The molecule has 2 rings (SSSR count). The summed E-state index contributed by atoms with van der Waals surface area (Å²) in [5, 5.41) is 3.45. The lowest BCUT2D eigenvalue weighted by atomic mass is 10.1. The summed E-state index contributed by atoms with van der Waals surface area (Å²) in [7, 11) is 0. The molecule has 88 valence electrons. The SMILES string of the molecule is Cc1cccc(CNCc2cccc(Br)c2)c1. The molecule has 0 saturated heterocycles. The average molecular weight is 290 g/mol. The summed E-state index contributed by atoms with van der Waals surface area (Å²) in [4.78, 5) is 0. The lowest BCUT2D eigenvalue weighted by Gasteiger charge is -2.06. The molecular formula is C15H16BrN. The van der Waals surface area contributed by atoms with Gasteiger partial charge in [-0.05, 0) is 30.2 Å². The molecule has 0 aromatic heterocycles. The van der Waals surface area contributed by atoms with Crippen molar-refractivity contribution in [3.05, 3.63) is 69.7 Å². The van der Waals surface area contributed by atoms with Crippen molar-refractivity contribution in [1.82, 2.24) is 5.32 Å². The molecule has 0 aliphatic heterocycles. The maximum atomic E-state index is 3.48. The summed E-state index contributed by atoms with van der Waals surface area (Å²) in [5.74, 6) is 0. The first-order valence-corrected chi connectivity index (χ1v) is 6.54. The van der Waals surface area contributed by atoms with Gasteiger partial charge in [-0.3, -0.25) is 0 Å². The summed E-state index contributed by atoms with van der Waals surface area (Å²) < 4.78 is 1.13. The van der Waals surface area contributed by atoms with E-state index in [1.165, 1.54) is 16.7 Å². The highest BCUT2D eigenvalue weighted by atomic mass is 79.9. The van der Waals surface area contributed by atoms with Crippen LogP contribution in [0.15, 0.2) is 53.0 Å². The van der Waals surface area contributed by atoms with Crippen LogP contribution in [0.3, 0.4) is 0 Å². The van der Waals surface area contributed by atoms with Crippen LogP contribution in [0.1, 0.15) is 16.7 Å². The second-order valence-corrected chi connectivity index (χ2v) is 5.14. The highest BCUT2D eigenvalue weighted by Crippen LogP contribution is 2.11. The molecule has 1 N–H and O–H groups in total. The molecule has 2 heteroatoms. The monoisotopic (exact) mass is 289 g/mol. The van der Waals surface area contributed by atoms with Crippen LogP contribution in [0.25, 0.3) is 0 Å². The zero-order valence-corrected chi connectivity index (χ0v) is 11.5. The molecule has 0 heterocycles. The Morgan fingerprint density at radius 2 is 1.59 bits per heavy atom. The van der Waals surface area contributed by atoms with Crippen molar-refractivity contribution in [2.24, 2.45) is 0 Å². The highest BCUT2D eigenvalue weighted by molar-refractivity contribution is 9.10. The van der Waals surface area contributed by atoms with Gasteiger partial charge in [0, 0.05) is 17.6 Å².